The zero-order valence-corrected chi connectivity index (χ0v) is 18.3. The van der Waals surface area contributed by atoms with Gasteiger partial charge in [-0.05, 0) is 58.0 Å². The second-order valence-corrected chi connectivity index (χ2v) is 7.74. The van der Waals surface area contributed by atoms with Gasteiger partial charge in [-0.15, -0.1) is 6.58 Å². The molecule has 2 aromatic carbocycles. The molecule has 2 amide bonds. The van der Waals surface area contributed by atoms with E-state index in [9.17, 15) is 9.59 Å². The van der Waals surface area contributed by atoms with Crippen LogP contribution in [0.5, 0.6) is 5.75 Å². The minimum absolute atomic E-state index is 0.00270. The standard InChI is InChI=1S/C21H16BrClN2O3S/c1-2-9-25-20(27)15(19(26)24-21(25)29)10-13-7-8-18(16(22)11-13)28-12-14-5-3-4-6-17(14)23/h2-8,10-11H,1,9,12H2,(H,24,26,29)/b15-10+. The summed E-state index contributed by atoms with van der Waals surface area (Å²) in [6.07, 6.45) is 3.05. The average molecular weight is 492 g/mol. The Morgan fingerprint density at radius 3 is 2.69 bits per heavy atom. The molecular weight excluding hydrogens is 476 g/mol. The number of amides is 2. The second kappa shape index (κ2) is 9.35. The fourth-order valence-electron chi connectivity index (χ4n) is 2.65. The molecule has 0 saturated carbocycles. The highest BCUT2D eigenvalue weighted by Gasteiger charge is 2.32. The molecule has 29 heavy (non-hydrogen) atoms. The zero-order valence-electron chi connectivity index (χ0n) is 15.2. The quantitative estimate of drug-likeness (QED) is 0.280. The Balaban J connectivity index is 1.79. The SMILES string of the molecule is C=CCN1C(=O)/C(=C/c2ccc(OCc3ccccc3Cl)c(Br)c2)C(=O)NC1=S. The molecule has 0 aromatic heterocycles. The van der Waals surface area contributed by atoms with Crippen LogP contribution in [0.2, 0.25) is 5.02 Å². The molecule has 1 aliphatic heterocycles. The van der Waals surface area contributed by atoms with Gasteiger partial charge in [0, 0.05) is 17.1 Å². The van der Waals surface area contributed by atoms with Gasteiger partial charge in [-0.25, -0.2) is 0 Å². The van der Waals surface area contributed by atoms with Crippen LogP contribution in [0.1, 0.15) is 11.1 Å². The van der Waals surface area contributed by atoms with Crippen molar-refractivity contribution in [3.05, 3.63) is 81.3 Å². The van der Waals surface area contributed by atoms with Gasteiger partial charge in [0.1, 0.15) is 17.9 Å². The summed E-state index contributed by atoms with van der Waals surface area (Å²) in [6, 6.07) is 12.7. The molecule has 3 rings (SSSR count). The molecule has 0 bridgehead atoms. The molecule has 0 atom stereocenters. The number of rotatable bonds is 6. The lowest BCUT2D eigenvalue weighted by Gasteiger charge is -2.27. The number of halogens is 2. The van der Waals surface area contributed by atoms with Crippen LogP contribution in [0.4, 0.5) is 0 Å². The maximum absolute atomic E-state index is 12.6. The topological polar surface area (TPSA) is 58.6 Å². The van der Waals surface area contributed by atoms with E-state index >= 15 is 0 Å². The van der Waals surface area contributed by atoms with Gasteiger partial charge in [-0.3, -0.25) is 19.8 Å². The van der Waals surface area contributed by atoms with Gasteiger partial charge < -0.3 is 4.74 Å². The van der Waals surface area contributed by atoms with E-state index < -0.39 is 11.8 Å². The van der Waals surface area contributed by atoms with Gasteiger partial charge in [-0.1, -0.05) is 41.9 Å². The van der Waals surface area contributed by atoms with E-state index in [1.54, 1.807) is 30.3 Å². The molecule has 0 spiro atoms. The lowest BCUT2D eigenvalue weighted by atomic mass is 10.1. The van der Waals surface area contributed by atoms with E-state index in [4.69, 9.17) is 28.6 Å². The van der Waals surface area contributed by atoms with E-state index in [1.807, 2.05) is 18.2 Å². The van der Waals surface area contributed by atoms with Crippen LogP contribution >= 0.6 is 39.7 Å². The predicted molar refractivity (Wildman–Crippen MR) is 121 cm³/mol. The van der Waals surface area contributed by atoms with E-state index in [1.165, 1.54) is 11.0 Å². The smallest absolute Gasteiger partial charge is 0.265 e. The van der Waals surface area contributed by atoms with E-state index in [0.29, 0.717) is 27.4 Å². The Morgan fingerprint density at radius 2 is 2.00 bits per heavy atom. The van der Waals surface area contributed by atoms with Gasteiger partial charge in [0.05, 0.1) is 4.47 Å². The van der Waals surface area contributed by atoms with Crippen molar-refractivity contribution in [1.29, 1.82) is 0 Å². The summed E-state index contributed by atoms with van der Waals surface area (Å²) in [7, 11) is 0. The highest BCUT2D eigenvalue weighted by Crippen LogP contribution is 2.29. The first kappa shape index (κ1) is 21.2. The molecule has 1 fully saturated rings. The van der Waals surface area contributed by atoms with Crippen LogP contribution in [0.15, 0.2) is 65.2 Å². The molecule has 148 valence electrons. The first-order valence-corrected chi connectivity index (χ1v) is 10.1. The number of thiocarbonyl (C=S) groups is 1. The Kier molecular flexibility index (Phi) is 6.84. The van der Waals surface area contributed by atoms with Crippen molar-refractivity contribution in [2.75, 3.05) is 6.54 Å². The van der Waals surface area contributed by atoms with E-state index in [2.05, 4.69) is 27.8 Å². The molecule has 8 heteroatoms. The molecule has 0 aliphatic carbocycles. The van der Waals surface area contributed by atoms with Crippen molar-refractivity contribution in [2.24, 2.45) is 0 Å². The minimum atomic E-state index is -0.532. The molecule has 2 aromatic rings. The van der Waals surface area contributed by atoms with Crippen LogP contribution in [-0.2, 0) is 16.2 Å². The third kappa shape index (κ3) is 4.93. The number of benzene rings is 2. The number of carbonyl (C=O) groups is 2. The predicted octanol–water partition coefficient (Wildman–Crippen LogP) is 4.49. The minimum Gasteiger partial charge on any atom is -0.488 e. The normalized spacial score (nSPS) is 15.4. The van der Waals surface area contributed by atoms with Gasteiger partial charge in [0.15, 0.2) is 5.11 Å². The van der Waals surface area contributed by atoms with Crippen molar-refractivity contribution in [3.63, 3.8) is 0 Å². The van der Waals surface area contributed by atoms with Gasteiger partial charge >= 0.3 is 0 Å². The second-order valence-electron chi connectivity index (χ2n) is 6.09. The van der Waals surface area contributed by atoms with Crippen molar-refractivity contribution in [2.45, 2.75) is 6.61 Å². The van der Waals surface area contributed by atoms with Crippen molar-refractivity contribution < 1.29 is 14.3 Å². The molecule has 0 radical (unpaired) electrons. The van der Waals surface area contributed by atoms with E-state index in [-0.39, 0.29) is 17.2 Å². The van der Waals surface area contributed by atoms with Crippen LogP contribution < -0.4 is 10.1 Å². The summed E-state index contributed by atoms with van der Waals surface area (Å²) in [5, 5.41) is 3.22. The van der Waals surface area contributed by atoms with Crippen molar-refractivity contribution in [3.8, 4) is 5.75 Å². The molecule has 1 heterocycles. The Hall–Kier alpha value is -2.48. The third-order valence-corrected chi connectivity index (χ3v) is 5.42. The first-order valence-electron chi connectivity index (χ1n) is 8.56. The largest absolute Gasteiger partial charge is 0.488 e. The average Bonchev–Trinajstić information content (AvgIpc) is 2.69. The lowest BCUT2D eigenvalue weighted by molar-refractivity contribution is -0.128. The third-order valence-electron chi connectivity index (χ3n) is 4.11. The van der Waals surface area contributed by atoms with Crippen LogP contribution in [0, 0.1) is 0 Å². The van der Waals surface area contributed by atoms with Gasteiger partial charge in [0.2, 0.25) is 0 Å². The molecule has 0 unspecified atom stereocenters. The summed E-state index contributed by atoms with van der Waals surface area (Å²) in [6.45, 7) is 4.13. The number of carbonyl (C=O) groups excluding carboxylic acids is 2. The van der Waals surface area contributed by atoms with Crippen LogP contribution in [0.25, 0.3) is 6.08 Å². The maximum atomic E-state index is 12.6. The van der Waals surface area contributed by atoms with Crippen molar-refractivity contribution >= 4 is 62.8 Å². The van der Waals surface area contributed by atoms with Crippen molar-refractivity contribution in [1.82, 2.24) is 10.2 Å². The summed E-state index contributed by atoms with van der Waals surface area (Å²) in [4.78, 5) is 26.1. The monoisotopic (exact) mass is 490 g/mol. The summed E-state index contributed by atoms with van der Waals surface area (Å²) in [5.41, 5.74) is 1.53. The molecule has 1 N–H and O–H groups in total. The zero-order chi connectivity index (χ0) is 21.0. The number of hydrogen-bond donors (Lipinski definition) is 1. The Morgan fingerprint density at radius 1 is 1.24 bits per heavy atom. The maximum Gasteiger partial charge on any atom is 0.265 e. The number of nitrogens with one attached hydrogen (secondary N) is 1. The number of ether oxygens (including phenoxy) is 1. The number of hydrogen-bond acceptors (Lipinski definition) is 4. The van der Waals surface area contributed by atoms with Gasteiger partial charge in [-0.2, -0.15) is 0 Å². The first-order chi connectivity index (χ1) is 13.9. The Bertz CT molecular complexity index is 1040. The van der Waals surface area contributed by atoms with Crippen LogP contribution in [0.3, 0.4) is 0 Å². The lowest BCUT2D eigenvalue weighted by Crippen LogP contribution is -2.53. The summed E-state index contributed by atoms with van der Waals surface area (Å²) in [5.74, 6) is -0.384. The molecule has 5 nitrogen and oxygen atoms in total. The molecule has 1 saturated heterocycles. The highest BCUT2D eigenvalue weighted by molar-refractivity contribution is 9.10. The summed E-state index contributed by atoms with van der Waals surface area (Å²) < 4.78 is 6.50. The van der Waals surface area contributed by atoms with Gasteiger partial charge in [0.25, 0.3) is 11.8 Å². The fraction of sp³-hybridized carbons (Fsp3) is 0.0952. The molecule has 1 aliphatic rings. The highest BCUT2D eigenvalue weighted by atomic mass is 79.9. The molecular formula is C21H16BrClN2O3S. The Labute approximate surface area is 187 Å². The van der Waals surface area contributed by atoms with Crippen LogP contribution in [-0.4, -0.2) is 28.4 Å². The fourth-order valence-corrected chi connectivity index (χ4v) is 3.60. The van der Waals surface area contributed by atoms with E-state index in [0.717, 1.165) is 5.56 Å². The number of nitrogens with zero attached hydrogens (tertiary/aromatic N) is 1. The summed E-state index contributed by atoms with van der Waals surface area (Å²) >= 11 is 14.7.